The fourth-order valence-corrected chi connectivity index (χ4v) is 3.02. The number of hydrogen-bond acceptors (Lipinski definition) is 4. The molecular formula is C11H20N2OS. The van der Waals surface area contributed by atoms with Crippen LogP contribution in [0.15, 0.2) is 0 Å². The molecule has 2 N–H and O–H groups in total. The molecule has 0 heterocycles. The lowest BCUT2D eigenvalue weighted by Crippen LogP contribution is -2.46. The second-order valence-electron chi connectivity index (χ2n) is 4.41. The van der Waals surface area contributed by atoms with Crippen molar-refractivity contribution in [2.24, 2.45) is 11.8 Å². The number of nitrogens with zero attached hydrogens (tertiary/aromatic N) is 1. The fourth-order valence-electron chi connectivity index (χ4n) is 1.62. The second kappa shape index (κ2) is 5.74. The molecule has 0 aromatic rings. The highest BCUT2D eigenvalue weighted by Gasteiger charge is 2.44. The van der Waals surface area contributed by atoms with Crippen LogP contribution in [0.3, 0.4) is 0 Å². The van der Waals surface area contributed by atoms with Gasteiger partial charge in [-0.25, -0.2) is 0 Å². The molecule has 4 heteroatoms. The summed E-state index contributed by atoms with van der Waals surface area (Å²) in [6, 6.07) is 2.42. The summed E-state index contributed by atoms with van der Waals surface area (Å²) in [6.07, 6.45) is 2.34. The van der Waals surface area contributed by atoms with Crippen molar-refractivity contribution in [3.8, 4) is 6.07 Å². The molecule has 3 nitrogen and oxygen atoms in total. The van der Waals surface area contributed by atoms with Crippen molar-refractivity contribution in [2.45, 2.75) is 25.3 Å². The van der Waals surface area contributed by atoms with Crippen LogP contribution in [0.1, 0.15) is 19.8 Å². The topological polar surface area (TPSA) is 56.0 Å². The molecule has 0 amide bonds. The molecule has 1 rings (SSSR count). The van der Waals surface area contributed by atoms with Crippen molar-refractivity contribution in [3.05, 3.63) is 0 Å². The highest BCUT2D eigenvalue weighted by molar-refractivity contribution is 7.99. The average molecular weight is 228 g/mol. The third-order valence-electron chi connectivity index (χ3n) is 2.96. The van der Waals surface area contributed by atoms with Gasteiger partial charge in [0.1, 0.15) is 5.54 Å². The summed E-state index contributed by atoms with van der Waals surface area (Å²) in [4.78, 5) is 0. The lowest BCUT2D eigenvalue weighted by Gasteiger charge is -2.26. The number of aliphatic hydroxyl groups excluding tert-OH is 1. The van der Waals surface area contributed by atoms with Crippen LogP contribution in [0.2, 0.25) is 0 Å². The van der Waals surface area contributed by atoms with E-state index in [4.69, 9.17) is 5.11 Å². The maximum Gasteiger partial charge on any atom is 0.118 e. The van der Waals surface area contributed by atoms with E-state index in [1.165, 1.54) is 12.8 Å². The predicted molar refractivity (Wildman–Crippen MR) is 63.7 cm³/mol. The molecule has 0 radical (unpaired) electrons. The van der Waals surface area contributed by atoms with Gasteiger partial charge in [0.05, 0.1) is 6.07 Å². The van der Waals surface area contributed by atoms with Crippen molar-refractivity contribution < 1.29 is 5.11 Å². The Morgan fingerprint density at radius 3 is 2.73 bits per heavy atom. The zero-order chi connectivity index (χ0) is 11.3. The van der Waals surface area contributed by atoms with Gasteiger partial charge < -0.3 is 10.4 Å². The normalized spacial score (nSPS) is 21.7. The van der Waals surface area contributed by atoms with Crippen LogP contribution in [0.4, 0.5) is 0 Å². The first-order valence-electron chi connectivity index (χ1n) is 5.47. The number of hydrogen-bond donors (Lipinski definition) is 2. The van der Waals surface area contributed by atoms with Crippen LogP contribution in [0.5, 0.6) is 0 Å². The Morgan fingerprint density at radius 2 is 2.33 bits per heavy atom. The minimum atomic E-state index is -0.333. The SMILES string of the molecule is CNC(C#N)(CSCC(C)CO)C1CC1. The summed E-state index contributed by atoms with van der Waals surface area (Å²) < 4.78 is 0. The van der Waals surface area contributed by atoms with Gasteiger partial charge in [0.25, 0.3) is 0 Å². The minimum Gasteiger partial charge on any atom is -0.396 e. The quantitative estimate of drug-likeness (QED) is 0.688. The van der Waals surface area contributed by atoms with Crippen LogP contribution in [0.25, 0.3) is 0 Å². The van der Waals surface area contributed by atoms with Gasteiger partial charge in [-0.15, -0.1) is 0 Å². The Labute approximate surface area is 96.2 Å². The predicted octanol–water partition coefficient (Wildman–Crippen LogP) is 1.24. The molecule has 1 fully saturated rings. The van der Waals surface area contributed by atoms with E-state index < -0.39 is 0 Å². The maximum atomic E-state index is 9.23. The lowest BCUT2D eigenvalue weighted by atomic mass is 9.98. The van der Waals surface area contributed by atoms with Crippen molar-refractivity contribution >= 4 is 11.8 Å². The minimum absolute atomic E-state index is 0.232. The Hall–Kier alpha value is -0.240. The molecular weight excluding hydrogens is 208 g/mol. The smallest absolute Gasteiger partial charge is 0.118 e. The molecule has 1 aliphatic rings. The van der Waals surface area contributed by atoms with Crippen LogP contribution >= 0.6 is 11.8 Å². The van der Waals surface area contributed by atoms with Gasteiger partial charge >= 0.3 is 0 Å². The Kier molecular flexibility index (Phi) is 4.91. The summed E-state index contributed by atoms with van der Waals surface area (Å²) in [5.74, 6) is 2.61. The van der Waals surface area contributed by atoms with E-state index in [-0.39, 0.29) is 12.1 Å². The molecule has 2 unspecified atom stereocenters. The summed E-state index contributed by atoms with van der Waals surface area (Å²) in [7, 11) is 1.87. The number of nitrogens with one attached hydrogen (secondary N) is 1. The van der Waals surface area contributed by atoms with Crippen molar-refractivity contribution in [2.75, 3.05) is 25.2 Å². The standard InChI is InChI=1S/C11H20N2OS/c1-9(5-14)6-15-8-11(7-12,13-2)10-3-4-10/h9-10,13-14H,3-6,8H2,1-2H3. The van der Waals surface area contributed by atoms with Gasteiger partial charge in [-0.3, -0.25) is 0 Å². The van der Waals surface area contributed by atoms with Gasteiger partial charge in [0.2, 0.25) is 0 Å². The first kappa shape index (κ1) is 12.8. The van der Waals surface area contributed by atoms with E-state index in [1.807, 2.05) is 14.0 Å². The van der Waals surface area contributed by atoms with E-state index >= 15 is 0 Å². The first-order valence-corrected chi connectivity index (χ1v) is 6.62. The van der Waals surface area contributed by atoms with E-state index in [1.54, 1.807) is 11.8 Å². The molecule has 0 bridgehead atoms. The van der Waals surface area contributed by atoms with Crippen LogP contribution in [-0.2, 0) is 0 Å². The van der Waals surface area contributed by atoms with Crippen LogP contribution in [-0.4, -0.2) is 35.8 Å². The number of nitriles is 1. The van der Waals surface area contributed by atoms with Gasteiger partial charge in [0.15, 0.2) is 0 Å². The second-order valence-corrected chi connectivity index (χ2v) is 5.44. The van der Waals surface area contributed by atoms with E-state index in [0.29, 0.717) is 11.8 Å². The third kappa shape index (κ3) is 3.37. The van der Waals surface area contributed by atoms with Gasteiger partial charge in [-0.1, -0.05) is 6.92 Å². The molecule has 0 aromatic carbocycles. The monoisotopic (exact) mass is 228 g/mol. The maximum absolute atomic E-state index is 9.23. The summed E-state index contributed by atoms with van der Waals surface area (Å²) in [5.41, 5.74) is -0.333. The molecule has 1 aliphatic carbocycles. The molecule has 2 atom stereocenters. The summed E-state index contributed by atoms with van der Waals surface area (Å²) in [5, 5.41) is 21.3. The largest absolute Gasteiger partial charge is 0.396 e. The van der Waals surface area contributed by atoms with Crippen molar-refractivity contribution in [1.82, 2.24) is 5.32 Å². The molecule has 86 valence electrons. The first-order chi connectivity index (χ1) is 7.18. The zero-order valence-corrected chi connectivity index (χ0v) is 10.3. The van der Waals surface area contributed by atoms with E-state index in [9.17, 15) is 5.26 Å². The Balaban J connectivity index is 2.36. The molecule has 1 saturated carbocycles. The number of aliphatic hydroxyl groups is 1. The number of rotatable bonds is 7. The molecule has 15 heavy (non-hydrogen) atoms. The molecule has 0 spiro atoms. The Morgan fingerprint density at radius 1 is 1.67 bits per heavy atom. The molecule has 0 aromatic heterocycles. The summed E-state index contributed by atoms with van der Waals surface area (Å²) >= 11 is 1.77. The highest BCUT2D eigenvalue weighted by atomic mass is 32.2. The number of thioether (sulfide) groups is 1. The van der Waals surface area contributed by atoms with Gasteiger partial charge in [0, 0.05) is 12.4 Å². The molecule has 0 aliphatic heterocycles. The van der Waals surface area contributed by atoms with Gasteiger partial charge in [-0.2, -0.15) is 17.0 Å². The lowest BCUT2D eigenvalue weighted by molar-refractivity contribution is 0.250. The fraction of sp³-hybridized carbons (Fsp3) is 0.909. The van der Waals surface area contributed by atoms with E-state index in [0.717, 1.165) is 11.5 Å². The van der Waals surface area contributed by atoms with E-state index in [2.05, 4.69) is 11.4 Å². The zero-order valence-electron chi connectivity index (χ0n) is 9.49. The summed E-state index contributed by atoms with van der Waals surface area (Å²) in [6.45, 7) is 2.26. The highest BCUT2D eigenvalue weighted by Crippen LogP contribution is 2.41. The third-order valence-corrected chi connectivity index (χ3v) is 4.43. The Bertz CT molecular complexity index is 237. The average Bonchev–Trinajstić information content (AvgIpc) is 3.09. The van der Waals surface area contributed by atoms with Crippen molar-refractivity contribution in [1.29, 1.82) is 5.26 Å². The molecule has 0 saturated heterocycles. The van der Waals surface area contributed by atoms with Gasteiger partial charge in [-0.05, 0) is 37.5 Å². The van der Waals surface area contributed by atoms with Crippen LogP contribution < -0.4 is 5.32 Å². The van der Waals surface area contributed by atoms with Crippen LogP contribution in [0, 0.1) is 23.2 Å². The van der Waals surface area contributed by atoms with Crippen molar-refractivity contribution in [3.63, 3.8) is 0 Å².